The molecule has 2 aliphatic heterocycles. The maximum Gasteiger partial charge on any atom is 0.412 e. The third-order valence-corrected chi connectivity index (χ3v) is 5.23. The first kappa shape index (κ1) is 19.4. The fraction of sp³-hybridized carbons (Fsp3) is 0.471. The number of piperidine rings is 1. The van der Waals surface area contributed by atoms with Crippen LogP contribution in [0.4, 0.5) is 14.9 Å². The van der Waals surface area contributed by atoms with Crippen LogP contribution in [0.5, 0.6) is 0 Å². The number of rotatable bonds is 3. The van der Waals surface area contributed by atoms with Crippen LogP contribution in [0.1, 0.15) is 25.3 Å². The van der Waals surface area contributed by atoms with Gasteiger partial charge in [0.05, 0.1) is 35.9 Å². The Balaban J connectivity index is 1.93. The van der Waals surface area contributed by atoms with E-state index < -0.39 is 23.4 Å². The summed E-state index contributed by atoms with van der Waals surface area (Å²) in [5.74, 6) is -1.52. The molecular weight excluding hydrogens is 379 g/mol. The SMILES string of the molecule is CC1CCC2(CN1C(=O)CNC(=O)CN)OC(=O)Nc1ccc(Cl)c(F)c12. The lowest BCUT2D eigenvalue weighted by atomic mass is 9.81. The average molecular weight is 399 g/mol. The van der Waals surface area contributed by atoms with Gasteiger partial charge in [0.2, 0.25) is 11.8 Å². The van der Waals surface area contributed by atoms with Crippen LogP contribution in [-0.4, -0.2) is 48.5 Å². The molecule has 1 aromatic rings. The number of benzene rings is 1. The number of hydrogen-bond donors (Lipinski definition) is 3. The minimum absolute atomic E-state index is 0.0385. The summed E-state index contributed by atoms with van der Waals surface area (Å²) in [7, 11) is 0. The van der Waals surface area contributed by atoms with Gasteiger partial charge in [0, 0.05) is 6.04 Å². The Labute approximate surface area is 160 Å². The summed E-state index contributed by atoms with van der Waals surface area (Å²) in [6.07, 6.45) is 0.0997. The standard InChI is InChI=1S/C17H20ClFN4O4/c1-9-4-5-17(8-23(9)13(25)7-21-12(24)6-20)14-11(22-16(26)27-17)3-2-10(18)15(14)19/h2-3,9H,4-8,20H2,1H3,(H,21,24)(H,22,26). The smallest absolute Gasteiger partial charge is 0.412 e. The Morgan fingerprint density at radius 1 is 1.52 bits per heavy atom. The fourth-order valence-electron chi connectivity index (χ4n) is 3.54. The Morgan fingerprint density at radius 2 is 2.26 bits per heavy atom. The zero-order valence-corrected chi connectivity index (χ0v) is 15.4. The third-order valence-electron chi connectivity index (χ3n) is 4.94. The van der Waals surface area contributed by atoms with E-state index in [4.69, 9.17) is 22.1 Å². The van der Waals surface area contributed by atoms with Crippen LogP contribution in [0.15, 0.2) is 12.1 Å². The van der Waals surface area contributed by atoms with Gasteiger partial charge < -0.3 is 20.7 Å². The summed E-state index contributed by atoms with van der Waals surface area (Å²) in [5, 5.41) is 4.79. The Bertz CT molecular complexity index is 805. The van der Waals surface area contributed by atoms with Crippen molar-refractivity contribution in [2.24, 2.45) is 5.73 Å². The lowest BCUT2D eigenvalue weighted by Gasteiger charge is -2.47. The number of carbonyl (C=O) groups excluding carboxylic acids is 3. The fourth-order valence-corrected chi connectivity index (χ4v) is 3.70. The van der Waals surface area contributed by atoms with Gasteiger partial charge in [-0.2, -0.15) is 0 Å². The zero-order chi connectivity index (χ0) is 19.8. The molecule has 2 atom stereocenters. The highest BCUT2D eigenvalue weighted by atomic mass is 35.5. The van der Waals surface area contributed by atoms with Gasteiger partial charge in [-0.1, -0.05) is 11.6 Å². The molecule has 0 bridgehead atoms. The van der Waals surface area contributed by atoms with Gasteiger partial charge in [0.1, 0.15) is 0 Å². The summed E-state index contributed by atoms with van der Waals surface area (Å²) in [4.78, 5) is 37.4. The molecule has 27 heavy (non-hydrogen) atoms. The molecule has 0 aromatic heterocycles. The second-order valence-corrected chi connectivity index (χ2v) is 7.09. The van der Waals surface area contributed by atoms with E-state index in [1.54, 1.807) is 0 Å². The van der Waals surface area contributed by atoms with E-state index >= 15 is 0 Å². The summed E-state index contributed by atoms with van der Waals surface area (Å²) < 4.78 is 20.3. The van der Waals surface area contributed by atoms with E-state index in [9.17, 15) is 18.8 Å². The van der Waals surface area contributed by atoms with E-state index in [2.05, 4.69) is 10.6 Å². The maximum absolute atomic E-state index is 14.8. The molecular formula is C17H20ClFN4O4. The van der Waals surface area contributed by atoms with Gasteiger partial charge in [0.25, 0.3) is 0 Å². The number of nitrogens with one attached hydrogen (secondary N) is 2. The molecule has 2 aliphatic rings. The monoisotopic (exact) mass is 398 g/mol. The molecule has 2 heterocycles. The molecule has 1 spiro atoms. The molecule has 1 aromatic carbocycles. The largest absolute Gasteiger partial charge is 0.436 e. The summed E-state index contributed by atoms with van der Waals surface area (Å²) >= 11 is 5.93. The number of halogens is 2. The molecule has 0 aliphatic carbocycles. The topological polar surface area (TPSA) is 114 Å². The Kier molecular flexibility index (Phi) is 5.25. The van der Waals surface area contributed by atoms with Crippen molar-refractivity contribution in [3.63, 3.8) is 0 Å². The van der Waals surface area contributed by atoms with Gasteiger partial charge in [-0.15, -0.1) is 0 Å². The zero-order valence-electron chi connectivity index (χ0n) is 14.7. The van der Waals surface area contributed by atoms with Crippen LogP contribution >= 0.6 is 11.6 Å². The molecule has 2 unspecified atom stereocenters. The average Bonchev–Trinajstić information content (AvgIpc) is 2.64. The van der Waals surface area contributed by atoms with Crippen molar-refractivity contribution in [3.8, 4) is 0 Å². The summed E-state index contributed by atoms with van der Waals surface area (Å²) in [5.41, 5.74) is 4.28. The Hall–Kier alpha value is -2.39. The van der Waals surface area contributed by atoms with Crippen LogP contribution in [0.25, 0.3) is 0 Å². The first-order valence-corrected chi connectivity index (χ1v) is 8.90. The Morgan fingerprint density at radius 3 is 2.96 bits per heavy atom. The number of fused-ring (bicyclic) bond motifs is 2. The number of anilines is 1. The molecule has 3 amide bonds. The number of likely N-dealkylation sites (tertiary alicyclic amines) is 1. The molecule has 10 heteroatoms. The minimum Gasteiger partial charge on any atom is -0.436 e. The molecule has 0 radical (unpaired) electrons. The summed E-state index contributed by atoms with van der Waals surface area (Å²) in [6.45, 7) is 1.33. The van der Waals surface area contributed by atoms with Crippen LogP contribution in [0.3, 0.4) is 0 Å². The van der Waals surface area contributed by atoms with Gasteiger partial charge >= 0.3 is 6.09 Å². The van der Waals surface area contributed by atoms with Crippen molar-refractivity contribution in [2.75, 3.05) is 25.0 Å². The van der Waals surface area contributed by atoms with Crippen LogP contribution in [-0.2, 0) is 19.9 Å². The van der Waals surface area contributed by atoms with Crippen molar-refractivity contribution in [1.82, 2.24) is 10.2 Å². The van der Waals surface area contributed by atoms with E-state index in [1.807, 2.05) is 6.92 Å². The molecule has 1 fully saturated rings. The van der Waals surface area contributed by atoms with Crippen molar-refractivity contribution >= 4 is 35.2 Å². The molecule has 3 rings (SSSR count). The number of carbonyl (C=O) groups is 3. The van der Waals surface area contributed by atoms with Gasteiger partial charge in [0.15, 0.2) is 11.4 Å². The van der Waals surface area contributed by atoms with Crippen molar-refractivity contribution in [2.45, 2.75) is 31.4 Å². The molecule has 8 nitrogen and oxygen atoms in total. The number of amides is 3. The minimum atomic E-state index is -1.34. The molecule has 1 saturated heterocycles. The first-order chi connectivity index (χ1) is 12.8. The van der Waals surface area contributed by atoms with E-state index in [-0.39, 0.29) is 47.9 Å². The molecule has 4 N–H and O–H groups in total. The normalized spacial score (nSPS) is 24.1. The predicted molar refractivity (Wildman–Crippen MR) is 95.7 cm³/mol. The molecule has 146 valence electrons. The third kappa shape index (κ3) is 3.57. The first-order valence-electron chi connectivity index (χ1n) is 8.52. The van der Waals surface area contributed by atoms with Gasteiger partial charge in [-0.3, -0.25) is 14.9 Å². The van der Waals surface area contributed by atoms with Crippen molar-refractivity contribution in [3.05, 3.63) is 28.5 Å². The highest BCUT2D eigenvalue weighted by Gasteiger charge is 2.50. The second-order valence-electron chi connectivity index (χ2n) is 6.68. The van der Waals surface area contributed by atoms with Gasteiger partial charge in [-0.05, 0) is 31.9 Å². The number of nitrogens with zero attached hydrogens (tertiary/aromatic N) is 1. The van der Waals surface area contributed by atoms with Crippen LogP contribution in [0, 0.1) is 5.82 Å². The molecule has 0 saturated carbocycles. The van der Waals surface area contributed by atoms with Crippen LogP contribution in [0.2, 0.25) is 5.02 Å². The number of hydrogen-bond acceptors (Lipinski definition) is 5. The highest BCUT2D eigenvalue weighted by Crippen LogP contribution is 2.46. The quantitative estimate of drug-likeness (QED) is 0.710. The van der Waals surface area contributed by atoms with Crippen molar-refractivity contribution < 1.29 is 23.5 Å². The van der Waals surface area contributed by atoms with E-state index in [0.717, 1.165) is 0 Å². The number of ether oxygens (including phenoxy) is 1. The maximum atomic E-state index is 14.8. The van der Waals surface area contributed by atoms with E-state index in [0.29, 0.717) is 12.8 Å². The van der Waals surface area contributed by atoms with Crippen LogP contribution < -0.4 is 16.4 Å². The van der Waals surface area contributed by atoms with Gasteiger partial charge in [-0.25, -0.2) is 9.18 Å². The predicted octanol–water partition coefficient (Wildman–Crippen LogP) is 1.32. The second kappa shape index (κ2) is 7.32. The number of nitrogens with two attached hydrogens (primary N) is 1. The van der Waals surface area contributed by atoms with E-state index in [1.165, 1.54) is 17.0 Å². The lowest BCUT2D eigenvalue weighted by Crippen LogP contribution is -2.58. The van der Waals surface area contributed by atoms with Crippen molar-refractivity contribution in [1.29, 1.82) is 0 Å². The summed E-state index contributed by atoms with van der Waals surface area (Å²) in [6, 6.07) is 2.69. The lowest BCUT2D eigenvalue weighted by molar-refractivity contribution is -0.143. The highest BCUT2D eigenvalue weighted by molar-refractivity contribution is 6.31.